The first-order valence-electron chi connectivity index (χ1n) is 7.76. The van der Waals surface area contributed by atoms with Crippen LogP contribution in [0.1, 0.15) is 23.9 Å². The third-order valence-corrected chi connectivity index (χ3v) is 3.84. The number of hydrogen-bond donors (Lipinski definition) is 1. The van der Waals surface area contributed by atoms with Crippen molar-refractivity contribution in [3.8, 4) is 5.75 Å². The van der Waals surface area contributed by atoms with Gasteiger partial charge in [-0.3, -0.25) is 9.59 Å². The van der Waals surface area contributed by atoms with E-state index in [4.69, 9.17) is 9.84 Å². The molecule has 0 saturated carbocycles. The van der Waals surface area contributed by atoms with Crippen LogP contribution in [0.2, 0.25) is 0 Å². The zero-order valence-corrected chi connectivity index (χ0v) is 14.4. The minimum Gasteiger partial charge on any atom is -0.497 e. The number of carbonyl (C=O) groups excluding carboxylic acids is 1. The van der Waals surface area contributed by atoms with Crippen molar-refractivity contribution in [1.29, 1.82) is 0 Å². The molecule has 9 heteroatoms. The van der Waals surface area contributed by atoms with Crippen LogP contribution in [0.3, 0.4) is 0 Å². The van der Waals surface area contributed by atoms with Crippen LogP contribution in [0, 0.1) is 6.92 Å². The number of likely N-dealkylation sites (N-methyl/N-ethyl adjacent to an activating group) is 1. The quantitative estimate of drug-likeness (QED) is 0.748. The molecule has 0 bridgehead atoms. The van der Waals surface area contributed by atoms with Crippen molar-refractivity contribution in [3.05, 3.63) is 35.7 Å². The molecule has 1 heterocycles. The van der Waals surface area contributed by atoms with Gasteiger partial charge in [0.25, 0.3) is 0 Å². The van der Waals surface area contributed by atoms with Gasteiger partial charge in [0.1, 0.15) is 17.6 Å². The van der Waals surface area contributed by atoms with Crippen LogP contribution in [-0.2, 0) is 16.0 Å². The number of methoxy groups -OCH3 is 1. The van der Waals surface area contributed by atoms with E-state index in [-0.39, 0.29) is 18.9 Å². The molecule has 1 unspecified atom stereocenters. The van der Waals surface area contributed by atoms with Crippen molar-refractivity contribution in [3.63, 3.8) is 0 Å². The van der Waals surface area contributed by atoms with Gasteiger partial charge in [-0.1, -0.05) is 12.1 Å². The van der Waals surface area contributed by atoms with Gasteiger partial charge < -0.3 is 14.7 Å². The standard InChI is InChI=1S/C16H21N5O4/c1-11-17-18-19-21(11)14(16(24)20(2)8-7-15(22)23)10-12-5-4-6-13(9-12)25-3/h4-6,9,14H,7-8,10H2,1-3H3,(H,22,23). The number of aryl methyl sites for hydroxylation is 1. The maximum atomic E-state index is 12.9. The lowest BCUT2D eigenvalue weighted by atomic mass is 10.0. The molecule has 134 valence electrons. The number of carboxylic acid groups (broad SMARTS) is 1. The lowest BCUT2D eigenvalue weighted by Crippen LogP contribution is -2.37. The third-order valence-electron chi connectivity index (χ3n) is 3.84. The monoisotopic (exact) mass is 347 g/mol. The SMILES string of the molecule is COc1cccc(CC(C(=O)N(C)CCC(=O)O)n2nnnc2C)c1. The summed E-state index contributed by atoms with van der Waals surface area (Å²) in [6.45, 7) is 1.83. The highest BCUT2D eigenvalue weighted by Crippen LogP contribution is 2.20. The minimum absolute atomic E-state index is 0.115. The topological polar surface area (TPSA) is 110 Å². The Bertz CT molecular complexity index is 746. The number of benzene rings is 1. The molecule has 0 spiro atoms. The second-order valence-electron chi connectivity index (χ2n) is 5.65. The van der Waals surface area contributed by atoms with Gasteiger partial charge >= 0.3 is 5.97 Å². The van der Waals surface area contributed by atoms with Crippen LogP contribution in [0.15, 0.2) is 24.3 Å². The van der Waals surface area contributed by atoms with Gasteiger partial charge in [0.15, 0.2) is 0 Å². The first kappa shape index (κ1) is 18.4. The van der Waals surface area contributed by atoms with E-state index in [1.54, 1.807) is 21.1 Å². The zero-order chi connectivity index (χ0) is 18.4. The molecule has 0 aliphatic carbocycles. The predicted molar refractivity (Wildman–Crippen MR) is 88.2 cm³/mol. The molecule has 2 aromatic rings. The number of ether oxygens (including phenoxy) is 1. The highest BCUT2D eigenvalue weighted by Gasteiger charge is 2.27. The number of amides is 1. The highest BCUT2D eigenvalue weighted by atomic mass is 16.5. The number of hydrogen-bond acceptors (Lipinski definition) is 6. The maximum absolute atomic E-state index is 12.9. The number of aliphatic carboxylic acids is 1. The first-order chi connectivity index (χ1) is 11.9. The molecule has 1 aromatic carbocycles. The first-order valence-corrected chi connectivity index (χ1v) is 7.76. The fraction of sp³-hybridized carbons (Fsp3) is 0.438. The summed E-state index contributed by atoms with van der Waals surface area (Å²) in [5.41, 5.74) is 0.888. The Morgan fingerprint density at radius 3 is 2.76 bits per heavy atom. The Balaban J connectivity index is 2.25. The van der Waals surface area contributed by atoms with E-state index in [9.17, 15) is 9.59 Å². The van der Waals surface area contributed by atoms with E-state index < -0.39 is 12.0 Å². The molecule has 1 aromatic heterocycles. The van der Waals surface area contributed by atoms with Gasteiger partial charge in [0.2, 0.25) is 5.91 Å². The lowest BCUT2D eigenvalue weighted by molar-refractivity contribution is -0.139. The second kappa shape index (κ2) is 8.22. The average Bonchev–Trinajstić information content (AvgIpc) is 3.02. The molecule has 0 fully saturated rings. The van der Waals surface area contributed by atoms with Crippen LogP contribution >= 0.6 is 0 Å². The summed E-state index contributed by atoms with van der Waals surface area (Å²) in [7, 11) is 3.15. The third kappa shape index (κ3) is 4.75. The molecule has 0 radical (unpaired) electrons. The molecule has 2 rings (SSSR count). The van der Waals surface area contributed by atoms with Gasteiger partial charge in [0.05, 0.1) is 13.5 Å². The number of rotatable bonds is 8. The summed E-state index contributed by atoms with van der Waals surface area (Å²) >= 11 is 0. The van der Waals surface area contributed by atoms with Gasteiger partial charge in [0, 0.05) is 20.0 Å². The van der Waals surface area contributed by atoms with E-state index in [1.807, 2.05) is 24.3 Å². The van der Waals surface area contributed by atoms with Crippen LogP contribution < -0.4 is 4.74 Å². The van der Waals surface area contributed by atoms with E-state index in [2.05, 4.69) is 15.5 Å². The Morgan fingerprint density at radius 1 is 1.40 bits per heavy atom. The van der Waals surface area contributed by atoms with E-state index in [0.29, 0.717) is 18.0 Å². The van der Waals surface area contributed by atoms with Crippen molar-refractivity contribution >= 4 is 11.9 Å². The molecule has 0 saturated heterocycles. The molecular weight excluding hydrogens is 326 g/mol. The molecule has 1 amide bonds. The van der Waals surface area contributed by atoms with E-state index >= 15 is 0 Å². The summed E-state index contributed by atoms with van der Waals surface area (Å²) in [6.07, 6.45) is 0.238. The lowest BCUT2D eigenvalue weighted by Gasteiger charge is -2.24. The predicted octanol–water partition coefficient (Wildman–Crippen LogP) is 0.707. The van der Waals surface area contributed by atoms with Gasteiger partial charge in [-0.15, -0.1) is 5.10 Å². The van der Waals surface area contributed by atoms with Gasteiger partial charge in [-0.05, 0) is 35.0 Å². The molecule has 0 aliphatic rings. The summed E-state index contributed by atoms with van der Waals surface area (Å²) in [5.74, 6) is -0.00804. The number of aromatic nitrogens is 4. The Labute approximate surface area is 145 Å². The van der Waals surface area contributed by atoms with Crippen LogP contribution in [0.5, 0.6) is 5.75 Å². The fourth-order valence-corrected chi connectivity index (χ4v) is 2.46. The number of carbonyl (C=O) groups is 2. The largest absolute Gasteiger partial charge is 0.497 e. The summed E-state index contributed by atoms with van der Waals surface area (Å²) in [5, 5.41) is 20.2. The van der Waals surface area contributed by atoms with Crippen molar-refractivity contribution in [2.45, 2.75) is 25.8 Å². The summed E-state index contributed by atoms with van der Waals surface area (Å²) < 4.78 is 6.67. The minimum atomic E-state index is -0.956. The Morgan fingerprint density at radius 2 is 2.16 bits per heavy atom. The van der Waals surface area contributed by atoms with Gasteiger partial charge in [-0.25, -0.2) is 4.68 Å². The summed E-state index contributed by atoms with van der Waals surface area (Å²) in [4.78, 5) is 25.0. The van der Waals surface area contributed by atoms with Crippen LogP contribution in [0.4, 0.5) is 0 Å². The normalized spacial score (nSPS) is 11.8. The molecule has 1 N–H and O–H groups in total. The maximum Gasteiger partial charge on any atom is 0.305 e. The molecule has 25 heavy (non-hydrogen) atoms. The van der Waals surface area contributed by atoms with Crippen LogP contribution in [0.25, 0.3) is 0 Å². The highest BCUT2D eigenvalue weighted by molar-refractivity contribution is 5.81. The molecule has 1 atom stereocenters. The van der Waals surface area contributed by atoms with Crippen molar-refractivity contribution in [2.75, 3.05) is 20.7 Å². The summed E-state index contributed by atoms with van der Waals surface area (Å²) in [6, 6.07) is 6.73. The molecular formula is C16H21N5O4. The Kier molecular flexibility index (Phi) is 6.04. The number of nitrogens with zero attached hydrogens (tertiary/aromatic N) is 5. The average molecular weight is 347 g/mol. The van der Waals surface area contributed by atoms with Crippen molar-refractivity contribution in [1.82, 2.24) is 25.1 Å². The number of carboxylic acids is 1. The van der Waals surface area contributed by atoms with Gasteiger partial charge in [-0.2, -0.15) is 0 Å². The van der Waals surface area contributed by atoms with Crippen molar-refractivity contribution in [2.24, 2.45) is 0 Å². The van der Waals surface area contributed by atoms with E-state index in [1.165, 1.54) is 9.58 Å². The number of tetrazole rings is 1. The smallest absolute Gasteiger partial charge is 0.305 e. The Hall–Kier alpha value is -2.97. The van der Waals surface area contributed by atoms with E-state index in [0.717, 1.165) is 5.56 Å². The van der Waals surface area contributed by atoms with Crippen molar-refractivity contribution < 1.29 is 19.4 Å². The second-order valence-corrected chi connectivity index (χ2v) is 5.65. The zero-order valence-electron chi connectivity index (χ0n) is 14.4. The van der Waals surface area contributed by atoms with Crippen LogP contribution in [-0.4, -0.2) is 62.8 Å². The molecule has 0 aliphatic heterocycles. The fourth-order valence-electron chi connectivity index (χ4n) is 2.46. The molecule has 9 nitrogen and oxygen atoms in total.